The molecule has 2 aromatic rings. The van der Waals surface area contributed by atoms with Gasteiger partial charge in [0.1, 0.15) is 0 Å². The van der Waals surface area contributed by atoms with Gasteiger partial charge in [-0.25, -0.2) is 0 Å². The molecular formula is C11H12ClN5. The van der Waals surface area contributed by atoms with Crippen LogP contribution in [0, 0.1) is 0 Å². The molecule has 2 N–H and O–H groups in total. The highest BCUT2D eigenvalue weighted by atomic mass is 35.5. The Morgan fingerprint density at radius 2 is 1.88 bits per heavy atom. The summed E-state index contributed by atoms with van der Waals surface area (Å²) in [5, 5.41) is 0.0990. The molecule has 88 valence electrons. The molecule has 0 unspecified atom stereocenters. The lowest BCUT2D eigenvalue weighted by Crippen LogP contribution is -2.19. The van der Waals surface area contributed by atoms with Gasteiger partial charge in [0.25, 0.3) is 0 Å². The molecule has 0 atom stereocenters. The van der Waals surface area contributed by atoms with Gasteiger partial charge in [-0.1, -0.05) is 18.2 Å². The lowest BCUT2D eigenvalue weighted by atomic mass is 10.3. The van der Waals surface area contributed by atoms with Crippen molar-refractivity contribution in [2.45, 2.75) is 6.92 Å². The van der Waals surface area contributed by atoms with E-state index in [0.717, 1.165) is 5.69 Å². The number of nitrogens with zero attached hydrogens (tertiary/aromatic N) is 4. The van der Waals surface area contributed by atoms with E-state index in [0.29, 0.717) is 12.5 Å². The summed E-state index contributed by atoms with van der Waals surface area (Å²) in [5.41, 5.74) is 6.54. The molecule has 2 rings (SSSR count). The van der Waals surface area contributed by atoms with Gasteiger partial charge in [0.15, 0.2) is 0 Å². The molecule has 0 amide bonds. The van der Waals surface area contributed by atoms with Crippen molar-refractivity contribution in [3.05, 3.63) is 35.6 Å². The van der Waals surface area contributed by atoms with Crippen LogP contribution >= 0.6 is 11.6 Å². The molecule has 0 saturated carbocycles. The highest BCUT2D eigenvalue weighted by Crippen LogP contribution is 2.22. The zero-order valence-electron chi connectivity index (χ0n) is 9.34. The Morgan fingerprint density at radius 3 is 2.47 bits per heavy atom. The molecule has 0 aliphatic heterocycles. The second-order valence-corrected chi connectivity index (χ2v) is 3.68. The number of benzene rings is 1. The van der Waals surface area contributed by atoms with Crippen molar-refractivity contribution in [3.8, 4) is 0 Å². The van der Waals surface area contributed by atoms with Crippen LogP contribution in [0.25, 0.3) is 0 Å². The van der Waals surface area contributed by atoms with E-state index in [2.05, 4.69) is 15.0 Å². The quantitative estimate of drug-likeness (QED) is 0.904. The highest BCUT2D eigenvalue weighted by Gasteiger charge is 2.11. The number of aromatic nitrogens is 3. The first kappa shape index (κ1) is 11.6. The Kier molecular flexibility index (Phi) is 3.39. The summed E-state index contributed by atoms with van der Waals surface area (Å²) in [7, 11) is 0. The minimum atomic E-state index is 0.0990. The van der Waals surface area contributed by atoms with Gasteiger partial charge in [0.2, 0.25) is 17.2 Å². The van der Waals surface area contributed by atoms with E-state index in [4.69, 9.17) is 17.3 Å². The molecule has 5 nitrogen and oxygen atoms in total. The number of hydrogen-bond donors (Lipinski definition) is 1. The van der Waals surface area contributed by atoms with Crippen molar-refractivity contribution in [2.24, 2.45) is 0 Å². The summed E-state index contributed by atoms with van der Waals surface area (Å²) < 4.78 is 0. The van der Waals surface area contributed by atoms with Crippen LogP contribution in [0.3, 0.4) is 0 Å². The number of hydrogen-bond acceptors (Lipinski definition) is 5. The Morgan fingerprint density at radius 1 is 1.18 bits per heavy atom. The van der Waals surface area contributed by atoms with Crippen molar-refractivity contribution in [3.63, 3.8) is 0 Å². The highest BCUT2D eigenvalue weighted by molar-refractivity contribution is 6.28. The Hall–Kier alpha value is -1.88. The zero-order valence-corrected chi connectivity index (χ0v) is 10.1. The Labute approximate surface area is 104 Å². The largest absolute Gasteiger partial charge is 0.368 e. The molecule has 0 radical (unpaired) electrons. The summed E-state index contributed by atoms with van der Waals surface area (Å²) in [6.45, 7) is 2.71. The fraction of sp³-hybridized carbons (Fsp3) is 0.182. The maximum atomic E-state index is 5.77. The van der Waals surface area contributed by atoms with Crippen molar-refractivity contribution in [1.82, 2.24) is 15.0 Å². The van der Waals surface area contributed by atoms with E-state index >= 15 is 0 Å². The Balaban J connectivity index is 2.42. The van der Waals surface area contributed by atoms with Crippen LogP contribution in [-0.2, 0) is 0 Å². The SMILES string of the molecule is CCN(c1ccccc1)c1nc(N)nc(Cl)n1. The third kappa shape index (κ3) is 2.62. The molecule has 1 heterocycles. The molecule has 0 spiro atoms. The molecule has 1 aromatic heterocycles. The van der Waals surface area contributed by atoms with E-state index in [9.17, 15) is 0 Å². The van der Waals surface area contributed by atoms with Gasteiger partial charge in [-0.15, -0.1) is 0 Å². The standard InChI is InChI=1S/C11H12ClN5/c1-2-17(8-6-4-3-5-7-8)11-15-9(12)14-10(13)16-11/h3-7H,2H2,1H3,(H2,13,14,15,16). The van der Waals surface area contributed by atoms with Crippen LogP contribution in [0.4, 0.5) is 17.6 Å². The first-order valence-electron chi connectivity index (χ1n) is 5.20. The molecule has 6 heteroatoms. The first-order valence-corrected chi connectivity index (χ1v) is 5.58. The predicted molar refractivity (Wildman–Crippen MR) is 68.4 cm³/mol. The summed E-state index contributed by atoms with van der Waals surface area (Å²) in [4.78, 5) is 13.8. The number of nitrogens with two attached hydrogens (primary N) is 1. The molecular weight excluding hydrogens is 238 g/mol. The summed E-state index contributed by atoms with van der Waals surface area (Å²) in [6, 6.07) is 9.79. The average Bonchev–Trinajstić information content (AvgIpc) is 2.30. The second kappa shape index (κ2) is 4.97. The number of nitrogen functional groups attached to an aromatic ring is 1. The molecule has 0 aliphatic carbocycles. The van der Waals surface area contributed by atoms with E-state index in [1.807, 2.05) is 42.2 Å². The summed E-state index contributed by atoms with van der Waals surface area (Å²) >= 11 is 5.77. The van der Waals surface area contributed by atoms with Crippen LogP contribution in [-0.4, -0.2) is 21.5 Å². The third-order valence-corrected chi connectivity index (χ3v) is 2.41. The number of para-hydroxylation sites is 1. The van der Waals surface area contributed by atoms with Crippen LogP contribution in [0.2, 0.25) is 5.28 Å². The van der Waals surface area contributed by atoms with Gasteiger partial charge in [-0.2, -0.15) is 15.0 Å². The average molecular weight is 250 g/mol. The van der Waals surface area contributed by atoms with Gasteiger partial charge in [-0.05, 0) is 30.7 Å². The second-order valence-electron chi connectivity index (χ2n) is 3.34. The number of halogens is 1. The van der Waals surface area contributed by atoms with Crippen molar-refractivity contribution >= 4 is 29.2 Å². The topological polar surface area (TPSA) is 67.9 Å². The van der Waals surface area contributed by atoms with Crippen LogP contribution in [0.1, 0.15) is 6.92 Å². The number of anilines is 3. The van der Waals surface area contributed by atoms with Gasteiger partial charge < -0.3 is 10.6 Å². The van der Waals surface area contributed by atoms with Crippen molar-refractivity contribution in [2.75, 3.05) is 17.2 Å². The Bertz CT molecular complexity index is 482. The normalized spacial score (nSPS) is 10.2. The minimum Gasteiger partial charge on any atom is -0.368 e. The van der Waals surface area contributed by atoms with E-state index < -0.39 is 0 Å². The fourth-order valence-corrected chi connectivity index (χ4v) is 1.68. The first-order chi connectivity index (χ1) is 8.20. The number of rotatable bonds is 3. The zero-order chi connectivity index (χ0) is 12.3. The molecule has 0 bridgehead atoms. The van der Waals surface area contributed by atoms with E-state index in [1.165, 1.54) is 0 Å². The van der Waals surface area contributed by atoms with Gasteiger partial charge in [0, 0.05) is 12.2 Å². The monoisotopic (exact) mass is 249 g/mol. The molecule has 0 aliphatic rings. The van der Waals surface area contributed by atoms with Crippen molar-refractivity contribution in [1.29, 1.82) is 0 Å². The van der Waals surface area contributed by atoms with E-state index in [1.54, 1.807) is 0 Å². The molecule has 1 aromatic carbocycles. The van der Waals surface area contributed by atoms with Crippen LogP contribution in [0.5, 0.6) is 0 Å². The summed E-state index contributed by atoms with van der Waals surface area (Å²) in [5.74, 6) is 0.575. The van der Waals surface area contributed by atoms with E-state index in [-0.39, 0.29) is 11.2 Å². The van der Waals surface area contributed by atoms with Gasteiger partial charge in [-0.3, -0.25) is 0 Å². The molecule has 0 saturated heterocycles. The maximum absolute atomic E-state index is 5.77. The third-order valence-electron chi connectivity index (χ3n) is 2.24. The van der Waals surface area contributed by atoms with Gasteiger partial charge in [0.05, 0.1) is 0 Å². The predicted octanol–water partition coefficient (Wildman–Crippen LogP) is 2.27. The lowest BCUT2D eigenvalue weighted by molar-refractivity contribution is 0.927. The van der Waals surface area contributed by atoms with Crippen molar-refractivity contribution < 1.29 is 0 Å². The summed E-state index contributed by atoms with van der Waals surface area (Å²) in [6.07, 6.45) is 0. The smallest absolute Gasteiger partial charge is 0.236 e. The molecule has 17 heavy (non-hydrogen) atoms. The van der Waals surface area contributed by atoms with Crippen LogP contribution < -0.4 is 10.6 Å². The maximum Gasteiger partial charge on any atom is 0.236 e. The van der Waals surface area contributed by atoms with Gasteiger partial charge >= 0.3 is 0 Å². The minimum absolute atomic E-state index is 0.0990. The molecule has 0 fully saturated rings. The lowest BCUT2D eigenvalue weighted by Gasteiger charge is -2.20. The fourth-order valence-electron chi connectivity index (χ4n) is 1.52. The van der Waals surface area contributed by atoms with Crippen LogP contribution in [0.15, 0.2) is 30.3 Å².